The van der Waals surface area contributed by atoms with Crippen molar-refractivity contribution in [3.63, 3.8) is 0 Å². The van der Waals surface area contributed by atoms with E-state index < -0.39 is 36.2 Å². The fourth-order valence-corrected chi connectivity index (χ4v) is 1.96. The van der Waals surface area contributed by atoms with Crippen LogP contribution < -0.4 is 19.5 Å². The smallest absolute Gasteiger partial charge is 0.481 e. The van der Waals surface area contributed by atoms with Crippen molar-refractivity contribution in [1.29, 1.82) is 0 Å². The molecular formula is C17H13F6NO4. The van der Waals surface area contributed by atoms with Crippen LogP contribution in [0.15, 0.2) is 48.5 Å². The summed E-state index contributed by atoms with van der Waals surface area (Å²) >= 11 is 0. The molecule has 0 radical (unpaired) electrons. The lowest BCUT2D eigenvalue weighted by atomic mass is 10.2. The molecular weight excluding hydrogens is 396 g/mol. The number of anilines is 1. The predicted octanol–water partition coefficient (Wildman–Crippen LogP) is 4.89. The molecule has 2 rings (SSSR count). The Morgan fingerprint density at radius 3 is 1.61 bits per heavy atom. The molecule has 1 amide bonds. The van der Waals surface area contributed by atoms with E-state index in [2.05, 4.69) is 14.8 Å². The van der Waals surface area contributed by atoms with Gasteiger partial charge in [0.25, 0.3) is 5.91 Å². The Hall–Kier alpha value is -3.11. The number of halogens is 6. The average molecular weight is 409 g/mol. The van der Waals surface area contributed by atoms with E-state index in [1.165, 1.54) is 31.2 Å². The maximum Gasteiger partial charge on any atom is 0.573 e. The zero-order chi connectivity index (χ0) is 20.9. The van der Waals surface area contributed by atoms with E-state index in [1.54, 1.807) is 0 Å². The zero-order valence-electron chi connectivity index (χ0n) is 14.1. The SMILES string of the molecule is C[C@@H](Oc1ccc(OC(F)(F)F)cc1)C(=O)Nc1ccc(OC(F)(F)F)cc1. The first-order chi connectivity index (χ1) is 12.9. The molecule has 0 aliphatic heterocycles. The third-order valence-electron chi connectivity index (χ3n) is 3.09. The molecule has 0 saturated heterocycles. The third kappa shape index (κ3) is 7.25. The Morgan fingerprint density at radius 2 is 1.18 bits per heavy atom. The molecule has 2 aromatic carbocycles. The van der Waals surface area contributed by atoms with E-state index in [1.807, 2.05) is 0 Å². The Balaban J connectivity index is 1.90. The van der Waals surface area contributed by atoms with Gasteiger partial charge in [-0.15, -0.1) is 26.3 Å². The fraction of sp³-hybridized carbons (Fsp3) is 0.235. The molecule has 0 unspecified atom stereocenters. The van der Waals surface area contributed by atoms with Crippen molar-refractivity contribution in [2.24, 2.45) is 0 Å². The van der Waals surface area contributed by atoms with Crippen LogP contribution in [0.4, 0.5) is 32.0 Å². The molecule has 0 fully saturated rings. The van der Waals surface area contributed by atoms with Crippen molar-refractivity contribution in [3.05, 3.63) is 48.5 Å². The largest absolute Gasteiger partial charge is 0.573 e. The molecule has 0 aromatic heterocycles. The quantitative estimate of drug-likeness (QED) is 0.691. The molecule has 0 saturated carbocycles. The molecule has 2 aromatic rings. The Labute approximate surface area is 154 Å². The van der Waals surface area contributed by atoms with E-state index in [0.29, 0.717) is 0 Å². The van der Waals surface area contributed by atoms with Gasteiger partial charge >= 0.3 is 12.7 Å². The van der Waals surface area contributed by atoms with E-state index >= 15 is 0 Å². The lowest BCUT2D eigenvalue weighted by Crippen LogP contribution is -2.30. The van der Waals surface area contributed by atoms with Crippen LogP contribution in [0.5, 0.6) is 17.2 Å². The molecule has 5 nitrogen and oxygen atoms in total. The summed E-state index contributed by atoms with van der Waals surface area (Å²) in [5.41, 5.74) is 0.198. The Kier molecular flexibility index (Phi) is 6.26. The van der Waals surface area contributed by atoms with Gasteiger partial charge in [0.05, 0.1) is 0 Å². The third-order valence-corrected chi connectivity index (χ3v) is 3.09. The second kappa shape index (κ2) is 8.28. The zero-order valence-corrected chi connectivity index (χ0v) is 14.1. The lowest BCUT2D eigenvalue weighted by molar-refractivity contribution is -0.275. The van der Waals surface area contributed by atoms with E-state index in [-0.39, 0.29) is 11.4 Å². The standard InChI is InChI=1S/C17H13F6NO4/c1-10(26-12-6-8-14(9-7-12)28-17(21,22)23)15(25)24-11-2-4-13(5-3-11)27-16(18,19)20/h2-10H,1H3,(H,24,25)/t10-/m1/s1. The van der Waals surface area contributed by atoms with E-state index in [4.69, 9.17) is 4.74 Å². The molecule has 0 heterocycles. The highest BCUT2D eigenvalue weighted by molar-refractivity contribution is 5.94. The highest BCUT2D eigenvalue weighted by Crippen LogP contribution is 2.26. The molecule has 0 spiro atoms. The van der Waals surface area contributed by atoms with Gasteiger partial charge in [0, 0.05) is 5.69 Å². The van der Waals surface area contributed by atoms with Crippen molar-refractivity contribution in [3.8, 4) is 17.2 Å². The van der Waals surface area contributed by atoms with Crippen LogP contribution in [0.3, 0.4) is 0 Å². The molecule has 1 atom stereocenters. The predicted molar refractivity (Wildman–Crippen MR) is 85.0 cm³/mol. The van der Waals surface area contributed by atoms with Gasteiger partial charge in [-0.25, -0.2) is 0 Å². The van der Waals surface area contributed by atoms with Gasteiger partial charge in [0.1, 0.15) is 17.2 Å². The molecule has 1 N–H and O–H groups in total. The highest BCUT2D eigenvalue weighted by Gasteiger charge is 2.31. The normalized spacial score (nSPS) is 12.8. The number of hydrogen-bond acceptors (Lipinski definition) is 4. The molecule has 0 aliphatic carbocycles. The number of rotatable bonds is 6. The average Bonchev–Trinajstić information content (AvgIpc) is 2.55. The summed E-state index contributed by atoms with van der Waals surface area (Å²) in [6, 6.07) is 8.87. The maximum atomic E-state index is 12.1. The fourth-order valence-electron chi connectivity index (χ4n) is 1.96. The number of hydrogen-bond donors (Lipinski definition) is 1. The highest BCUT2D eigenvalue weighted by atomic mass is 19.4. The minimum Gasteiger partial charge on any atom is -0.481 e. The van der Waals surface area contributed by atoms with Crippen LogP contribution >= 0.6 is 0 Å². The van der Waals surface area contributed by atoms with E-state index in [0.717, 1.165) is 24.3 Å². The van der Waals surface area contributed by atoms with Gasteiger partial charge in [-0.2, -0.15) is 0 Å². The number of carbonyl (C=O) groups is 1. The van der Waals surface area contributed by atoms with Gasteiger partial charge in [-0.1, -0.05) is 0 Å². The second-order valence-corrected chi connectivity index (χ2v) is 5.34. The molecule has 0 aliphatic rings. The van der Waals surface area contributed by atoms with Crippen molar-refractivity contribution >= 4 is 11.6 Å². The first-order valence-electron chi connectivity index (χ1n) is 7.60. The van der Waals surface area contributed by atoms with Crippen LogP contribution in [0.1, 0.15) is 6.92 Å². The van der Waals surface area contributed by atoms with Crippen molar-refractivity contribution in [1.82, 2.24) is 0 Å². The van der Waals surface area contributed by atoms with Gasteiger partial charge in [-0.3, -0.25) is 4.79 Å². The number of benzene rings is 2. The second-order valence-electron chi connectivity index (χ2n) is 5.34. The minimum atomic E-state index is -4.83. The van der Waals surface area contributed by atoms with Crippen molar-refractivity contribution in [2.45, 2.75) is 25.8 Å². The summed E-state index contributed by atoms with van der Waals surface area (Å²) in [7, 11) is 0. The van der Waals surface area contributed by atoms with Crippen LogP contribution in [0.2, 0.25) is 0 Å². The number of carbonyl (C=O) groups excluding carboxylic acids is 1. The van der Waals surface area contributed by atoms with Crippen molar-refractivity contribution in [2.75, 3.05) is 5.32 Å². The van der Waals surface area contributed by atoms with Gasteiger partial charge in [-0.05, 0) is 55.5 Å². The van der Waals surface area contributed by atoms with Crippen LogP contribution in [0.25, 0.3) is 0 Å². The first-order valence-corrected chi connectivity index (χ1v) is 7.60. The summed E-state index contributed by atoms with van der Waals surface area (Å²) < 4.78 is 85.3. The van der Waals surface area contributed by atoms with Crippen molar-refractivity contribution < 1.29 is 45.3 Å². The summed E-state index contributed by atoms with van der Waals surface area (Å²) in [6.07, 6.45) is -10.7. The molecule has 152 valence electrons. The minimum absolute atomic E-state index is 0.117. The summed E-state index contributed by atoms with van der Waals surface area (Å²) in [5, 5.41) is 2.42. The monoisotopic (exact) mass is 409 g/mol. The van der Waals surface area contributed by atoms with Gasteiger partial charge < -0.3 is 19.5 Å². The Bertz CT molecular complexity index is 787. The molecule has 0 bridgehead atoms. The maximum absolute atomic E-state index is 12.1. The van der Waals surface area contributed by atoms with E-state index in [9.17, 15) is 31.1 Å². The van der Waals surface area contributed by atoms with Crippen LogP contribution in [-0.4, -0.2) is 24.7 Å². The van der Waals surface area contributed by atoms with Crippen LogP contribution in [0, 0.1) is 0 Å². The summed E-state index contributed by atoms with van der Waals surface area (Å²) in [4.78, 5) is 12.1. The topological polar surface area (TPSA) is 56.8 Å². The summed E-state index contributed by atoms with van der Waals surface area (Å²) in [6.45, 7) is 1.39. The number of ether oxygens (including phenoxy) is 3. The van der Waals surface area contributed by atoms with Gasteiger partial charge in [0.2, 0.25) is 0 Å². The Morgan fingerprint density at radius 1 is 0.786 bits per heavy atom. The summed E-state index contributed by atoms with van der Waals surface area (Å²) in [5.74, 6) is -1.40. The molecule has 28 heavy (non-hydrogen) atoms. The van der Waals surface area contributed by atoms with Crippen LogP contribution in [-0.2, 0) is 4.79 Å². The lowest BCUT2D eigenvalue weighted by Gasteiger charge is -2.16. The number of alkyl halides is 6. The number of amides is 1. The van der Waals surface area contributed by atoms with Gasteiger partial charge in [0.15, 0.2) is 6.10 Å². The molecule has 11 heteroatoms. The number of nitrogens with one attached hydrogen (secondary N) is 1. The first kappa shape index (κ1) is 21.2.